The van der Waals surface area contributed by atoms with E-state index in [4.69, 9.17) is 0 Å². The first-order valence-corrected chi connectivity index (χ1v) is 7.39. The van der Waals surface area contributed by atoms with Gasteiger partial charge in [-0.1, -0.05) is 27.7 Å². The summed E-state index contributed by atoms with van der Waals surface area (Å²) in [5, 5.41) is 3.75. The molecule has 0 radical (unpaired) electrons. The van der Waals surface area contributed by atoms with Gasteiger partial charge in [-0.25, -0.2) is 0 Å². The molecule has 2 atom stereocenters. The lowest BCUT2D eigenvalue weighted by Gasteiger charge is -2.44. The molecule has 2 nitrogen and oxygen atoms in total. The summed E-state index contributed by atoms with van der Waals surface area (Å²) in [5.41, 5.74) is 0. The van der Waals surface area contributed by atoms with E-state index in [0.29, 0.717) is 12.1 Å². The number of rotatable bonds is 5. The van der Waals surface area contributed by atoms with Crippen LogP contribution in [0.5, 0.6) is 0 Å². The summed E-state index contributed by atoms with van der Waals surface area (Å²) in [5.74, 6) is 1.59. The van der Waals surface area contributed by atoms with Crippen molar-refractivity contribution in [3.05, 3.63) is 0 Å². The molecule has 0 aromatic carbocycles. The Morgan fingerprint density at radius 1 is 1.00 bits per heavy atom. The van der Waals surface area contributed by atoms with Gasteiger partial charge in [0.05, 0.1) is 0 Å². The van der Waals surface area contributed by atoms with E-state index in [1.54, 1.807) is 0 Å². The van der Waals surface area contributed by atoms with Crippen molar-refractivity contribution in [2.45, 2.75) is 72.5 Å². The van der Waals surface area contributed by atoms with Crippen LogP contribution in [0.25, 0.3) is 0 Å². The molecular weight excluding hydrogens is 208 g/mol. The van der Waals surface area contributed by atoms with E-state index in [-0.39, 0.29) is 0 Å². The van der Waals surface area contributed by atoms with Gasteiger partial charge < -0.3 is 5.32 Å². The summed E-state index contributed by atoms with van der Waals surface area (Å²) >= 11 is 0. The first-order chi connectivity index (χ1) is 7.90. The molecule has 0 aromatic heterocycles. The Bertz CT molecular complexity index is 211. The van der Waals surface area contributed by atoms with E-state index in [9.17, 15) is 0 Å². The SMILES string of the molecule is CC(C)CC1CN(C(C)C)C(CC(C)C)CN1. The van der Waals surface area contributed by atoms with Gasteiger partial charge in [-0.3, -0.25) is 4.90 Å². The van der Waals surface area contributed by atoms with Gasteiger partial charge in [-0.15, -0.1) is 0 Å². The molecule has 1 aliphatic heterocycles. The fourth-order valence-corrected chi connectivity index (χ4v) is 3.01. The van der Waals surface area contributed by atoms with Crippen LogP contribution in [-0.2, 0) is 0 Å². The summed E-state index contributed by atoms with van der Waals surface area (Å²) in [7, 11) is 0. The van der Waals surface area contributed by atoms with E-state index in [1.807, 2.05) is 0 Å². The lowest BCUT2D eigenvalue weighted by atomic mass is 9.94. The van der Waals surface area contributed by atoms with Crippen LogP contribution in [0.15, 0.2) is 0 Å². The topological polar surface area (TPSA) is 15.3 Å². The van der Waals surface area contributed by atoms with Crippen molar-refractivity contribution >= 4 is 0 Å². The average molecular weight is 240 g/mol. The Morgan fingerprint density at radius 2 is 1.59 bits per heavy atom. The Morgan fingerprint density at radius 3 is 2.06 bits per heavy atom. The van der Waals surface area contributed by atoms with Gasteiger partial charge in [-0.05, 0) is 38.5 Å². The smallest absolute Gasteiger partial charge is 0.0226 e. The number of hydrogen-bond acceptors (Lipinski definition) is 2. The second-order valence-corrected chi connectivity index (χ2v) is 6.81. The van der Waals surface area contributed by atoms with Gasteiger partial charge in [0.25, 0.3) is 0 Å². The zero-order valence-electron chi connectivity index (χ0n) is 12.7. The maximum atomic E-state index is 3.75. The summed E-state index contributed by atoms with van der Waals surface area (Å²) in [6.45, 7) is 16.4. The minimum absolute atomic E-state index is 0.676. The van der Waals surface area contributed by atoms with Crippen molar-refractivity contribution < 1.29 is 0 Å². The quantitative estimate of drug-likeness (QED) is 0.794. The van der Waals surface area contributed by atoms with E-state index < -0.39 is 0 Å². The van der Waals surface area contributed by atoms with Crippen LogP contribution < -0.4 is 5.32 Å². The van der Waals surface area contributed by atoms with Crippen LogP contribution in [0.4, 0.5) is 0 Å². The summed E-state index contributed by atoms with van der Waals surface area (Å²) in [4.78, 5) is 2.71. The van der Waals surface area contributed by atoms with E-state index in [2.05, 4.69) is 51.8 Å². The van der Waals surface area contributed by atoms with Crippen LogP contribution in [-0.4, -0.2) is 36.1 Å². The fourth-order valence-electron chi connectivity index (χ4n) is 3.01. The molecule has 0 aliphatic carbocycles. The predicted octanol–water partition coefficient (Wildman–Crippen LogP) is 3.13. The minimum Gasteiger partial charge on any atom is -0.311 e. The molecule has 1 saturated heterocycles. The van der Waals surface area contributed by atoms with Gasteiger partial charge in [0.1, 0.15) is 0 Å². The standard InChI is InChI=1S/C15H32N2/c1-11(2)7-14-10-17(13(5)6)15(9-16-14)8-12(3)4/h11-16H,7-10H2,1-6H3. The van der Waals surface area contributed by atoms with Crippen molar-refractivity contribution in [1.82, 2.24) is 10.2 Å². The van der Waals surface area contributed by atoms with Crippen LogP contribution in [0.2, 0.25) is 0 Å². The third kappa shape index (κ3) is 4.97. The molecule has 0 amide bonds. The van der Waals surface area contributed by atoms with Crippen molar-refractivity contribution in [2.24, 2.45) is 11.8 Å². The second-order valence-electron chi connectivity index (χ2n) is 6.81. The molecule has 102 valence electrons. The first kappa shape index (κ1) is 15.0. The van der Waals surface area contributed by atoms with Crippen LogP contribution >= 0.6 is 0 Å². The molecule has 1 N–H and O–H groups in total. The molecule has 2 heteroatoms. The van der Waals surface area contributed by atoms with E-state index in [1.165, 1.54) is 25.9 Å². The van der Waals surface area contributed by atoms with Crippen LogP contribution in [0, 0.1) is 11.8 Å². The Hall–Kier alpha value is -0.0800. The monoisotopic (exact) mass is 240 g/mol. The lowest BCUT2D eigenvalue weighted by Crippen LogP contribution is -2.59. The third-order valence-corrected chi connectivity index (χ3v) is 3.71. The third-order valence-electron chi connectivity index (χ3n) is 3.71. The van der Waals surface area contributed by atoms with Gasteiger partial charge in [0.2, 0.25) is 0 Å². The second kappa shape index (κ2) is 6.75. The van der Waals surface area contributed by atoms with Crippen LogP contribution in [0.1, 0.15) is 54.4 Å². The van der Waals surface area contributed by atoms with Crippen molar-refractivity contribution in [1.29, 1.82) is 0 Å². The highest BCUT2D eigenvalue weighted by molar-refractivity contribution is 4.88. The molecule has 2 unspecified atom stereocenters. The van der Waals surface area contributed by atoms with Crippen molar-refractivity contribution in [2.75, 3.05) is 13.1 Å². The maximum Gasteiger partial charge on any atom is 0.0226 e. The Balaban J connectivity index is 2.54. The number of nitrogens with zero attached hydrogens (tertiary/aromatic N) is 1. The number of nitrogens with one attached hydrogen (secondary N) is 1. The van der Waals surface area contributed by atoms with Crippen molar-refractivity contribution in [3.8, 4) is 0 Å². The zero-order valence-corrected chi connectivity index (χ0v) is 12.7. The van der Waals surface area contributed by atoms with Crippen molar-refractivity contribution in [3.63, 3.8) is 0 Å². The summed E-state index contributed by atoms with van der Waals surface area (Å²) in [6.07, 6.45) is 2.62. The average Bonchev–Trinajstić information content (AvgIpc) is 2.18. The Labute approximate surface area is 108 Å². The maximum absolute atomic E-state index is 3.75. The fraction of sp³-hybridized carbons (Fsp3) is 1.00. The molecule has 1 rings (SSSR count). The molecule has 1 fully saturated rings. The largest absolute Gasteiger partial charge is 0.311 e. The highest BCUT2D eigenvalue weighted by Gasteiger charge is 2.29. The van der Waals surface area contributed by atoms with Gasteiger partial charge >= 0.3 is 0 Å². The predicted molar refractivity (Wildman–Crippen MR) is 76.3 cm³/mol. The molecular formula is C15H32N2. The minimum atomic E-state index is 0.676. The molecule has 17 heavy (non-hydrogen) atoms. The normalized spacial score (nSPS) is 27.4. The molecule has 1 aliphatic rings. The summed E-state index contributed by atoms with van der Waals surface area (Å²) < 4.78 is 0. The molecule has 0 saturated carbocycles. The molecule has 1 heterocycles. The van der Waals surface area contributed by atoms with Gasteiger partial charge in [0, 0.05) is 31.2 Å². The Kier molecular flexibility index (Phi) is 5.94. The first-order valence-electron chi connectivity index (χ1n) is 7.39. The number of hydrogen-bond donors (Lipinski definition) is 1. The molecule has 0 bridgehead atoms. The lowest BCUT2D eigenvalue weighted by molar-refractivity contribution is 0.0778. The summed E-state index contributed by atoms with van der Waals surface area (Å²) in [6, 6.07) is 2.11. The zero-order chi connectivity index (χ0) is 13.0. The highest BCUT2D eigenvalue weighted by atomic mass is 15.2. The van der Waals surface area contributed by atoms with Gasteiger partial charge in [-0.2, -0.15) is 0 Å². The van der Waals surface area contributed by atoms with Gasteiger partial charge in [0.15, 0.2) is 0 Å². The van der Waals surface area contributed by atoms with Crippen LogP contribution in [0.3, 0.4) is 0 Å². The van der Waals surface area contributed by atoms with E-state index >= 15 is 0 Å². The molecule has 0 spiro atoms. The van der Waals surface area contributed by atoms with E-state index in [0.717, 1.165) is 17.9 Å². The molecule has 0 aromatic rings. The highest BCUT2D eigenvalue weighted by Crippen LogP contribution is 2.20. The number of piperazine rings is 1.